The predicted molar refractivity (Wildman–Crippen MR) is 77.6 cm³/mol. The van der Waals surface area contributed by atoms with E-state index in [0.29, 0.717) is 23.9 Å². The molecule has 0 aromatic heterocycles. The number of nitrogen functional groups attached to an aromatic ring is 1. The maximum atomic E-state index is 11.7. The molecule has 108 valence electrons. The number of ether oxygens (including phenoxy) is 1. The van der Waals surface area contributed by atoms with Crippen LogP contribution in [-0.2, 0) is 10.0 Å². The molecule has 0 aliphatic heterocycles. The molecule has 0 radical (unpaired) electrons. The van der Waals surface area contributed by atoms with Crippen molar-refractivity contribution < 1.29 is 13.2 Å². The van der Waals surface area contributed by atoms with Crippen LogP contribution in [-0.4, -0.2) is 27.3 Å². The zero-order valence-electron chi connectivity index (χ0n) is 11.4. The molecule has 0 spiro atoms. The first-order chi connectivity index (χ1) is 8.94. The van der Waals surface area contributed by atoms with Crippen molar-refractivity contribution >= 4 is 15.7 Å². The number of hydrogen-bond donors (Lipinski definition) is 2. The van der Waals surface area contributed by atoms with Crippen molar-refractivity contribution in [3.05, 3.63) is 24.3 Å². The highest BCUT2D eigenvalue weighted by Gasteiger charge is 2.12. The molecular formula is C13H22N2O3S. The van der Waals surface area contributed by atoms with Gasteiger partial charge >= 0.3 is 0 Å². The Morgan fingerprint density at radius 3 is 2.68 bits per heavy atom. The molecule has 1 rings (SSSR count). The van der Waals surface area contributed by atoms with Crippen molar-refractivity contribution in [2.24, 2.45) is 5.92 Å². The second kappa shape index (κ2) is 7.35. The highest BCUT2D eigenvalue weighted by Crippen LogP contribution is 2.19. The van der Waals surface area contributed by atoms with Gasteiger partial charge in [-0.1, -0.05) is 32.4 Å². The summed E-state index contributed by atoms with van der Waals surface area (Å²) in [5, 5.41) is 0. The van der Waals surface area contributed by atoms with E-state index in [1.165, 1.54) is 0 Å². The van der Waals surface area contributed by atoms with E-state index in [-0.39, 0.29) is 12.4 Å². The van der Waals surface area contributed by atoms with E-state index in [9.17, 15) is 8.42 Å². The van der Waals surface area contributed by atoms with Crippen LogP contribution in [0.5, 0.6) is 5.75 Å². The number of rotatable bonds is 8. The number of anilines is 1. The summed E-state index contributed by atoms with van der Waals surface area (Å²) in [7, 11) is -3.29. The molecule has 0 bridgehead atoms. The fourth-order valence-corrected chi connectivity index (χ4v) is 2.34. The van der Waals surface area contributed by atoms with E-state index in [0.717, 1.165) is 6.42 Å². The van der Waals surface area contributed by atoms with Crippen LogP contribution in [0.1, 0.15) is 20.3 Å². The number of hydrogen-bond acceptors (Lipinski definition) is 4. The van der Waals surface area contributed by atoms with E-state index in [1.807, 2.05) is 13.8 Å². The minimum Gasteiger partial charge on any atom is -0.490 e. The van der Waals surface area contributed by atoms with E-state index in [1.54, 1.807) is 24.3 Å². The number of nitrogens with one attached hydrogen (secondary N) is 1. The molecule has 1 aromatic carbocycles. The van der Waals surface area contributed by atoms with Crippen LogP contribution in [0.25, 0.3) is 0 Å². The number of para-hydroxylation sites is 2. The van der Waals surface area contributed by atoms with E-state index in [2.05, 4.69) is 4.72 Å². The second-order valence-corrected chi connectivity index (χ2v) is 6.49. The average molecular weight is 286 g/mol. The van der Waals surface area contributed by atoms with Crippen LogP contribution >= 0.6 is 0 Å². The molecule has 0 fully saturated rings. The lowest BCUT2D eigenvalue weighted by molar-refractivity contribution is 0.342. The zero-order valence-corrected chi connectivity index (χ0v) is 12.2. The Hall–Kier alpha value is -1.27. The van der Waals surface area contributed by atoms with Gasteiger partial charge in [0.25, 0.3) is 0 Å². The molecule has 0 amide bonds. The fraction of sp³-hybridized carbons (Fsp3) is 0.538. The van der Waals surface area contributed by atoms with Crippen LogP contribution < -0.4 is 15.2 Å². The molecule has 0 heterocycles. The van der Waals surface area contributed by atoms with Gasteiger partial charge in [0.2, 0.25) is 10.0 Å². The van der Waals surface area contributed by atoms with Crippen LogP contribution in [0.3, 0.4) is 0 Å². The molecule has 0 aliphatic carbocycles. The maximum absolute atomic E-state index is 11.7. The third-order valence-electron chi connectivity index (χ3n) is 2.88. The Labute approximate surface area is 115 Å². The first-order valence-electron chi connectivity index (χ1n) is 6.39. The minimum atomic E-state index is -3.29. The van der Waals surface area contributed by atoms with Crippen molar-refractivity contribution in [2.45, 2.75) is 20.3 Å². The lowest BCUT2D eigenvalue weighted by atomic mass is 10.1. The van der Waals surface area contributed by atoms with Gasteiger partial charge in [-0.2, -0.15) is 0 Å². The SMILES string of the molecule is CCC(C)CNS(=O)(=O)CCOc1ccccc1N. The fourth-order valence-electron chi connectivity index (χ4n) is 1.36. The Morgan fingerprint density at radius 2 is 2.05 bits per heavy atom. The first kappa shape index (κ1) is 15.8. The average Bonchev–Trinajstić information content (AvgIpc) is 2.38. The van der Waals surface area contributed by atoms with Crippen molar-refractivity contribution in [2.75, 3.05) is 24.6 Å². The summed E-state index contributed by atoms with van der Waals surface area (Å²) in [4.78, 5) is 0. The van der Waals surface area contributed by atoms with E-state index < -0.39 is 10.0 Å². The summed E-state index contributed by atoms with van der Waals surface area (Å²) in [6.45, 7) is 4.58. The van der Waals surface area contributed by atoms with Crippen molar-refractivity contribution in [1.29, 1.82) is 0 Å². The predicted octanol–water partition coefficient (Wildman–Crippen LogP) is 1.61. The molecule has 6 heteroatoms. The molecule has 5 nitrogen and oxygen atoms in total. The largest absolute Gasteiger partial charge is 0.490 e. The summed E-state index contributed by atoms with van der Waals surface area (Å²) in [5.74, 6) is 0.776. The van der Waals surface area contributed by atoms with Crippen LogP contribution in [0.4, 0.5) is 5.69 Å². The monoisotopic (exact) mass is 286 g/mol. The lowest BCUT2D eigenvalue weighted by Gasteiger charge is -2.12. The summed E-state index contributed by atoms with van der Waals surface area (Å²) in [5.41, 5.74) is 6.20. The lowest BCUT2D eigenvalue weighted by Crippen LogP contribution is -2.32. The van der Waals surface area contributed by atoms with Gasteiger partial charge < -0.3 is 10.5 Å². The summed E-state index contributed by atoms with van der Waals surface area (Å²) in [6.07, 6.45) is 0.944. The van der Waals surface area contributed by atoms with Crippen LogP contribution in [0, 0.1) is 5.92 Å². The normalized spacial score (nSPS) is 13.2. The zero-order chi connectivity index (χ0) is 14.3. The van der Waals surface area contributed by atoms with Gasteiger partial charge in [0, 0.05) is 6.54 Å². The van der Waals surface area contributed by atoms with Gasteiger partial charge in [0.1, 0.15) is 12.4 Å². The Bertz CT molecular complexity index is 488. The molecule has 0 aliphatic rings. The number of sulfonamides is 1. The Morgan fingerprint density at radius 1 is 1.37 bits per heavy atom. The van der Waals surface area contributed by atoms with Crippen LogP contribution in [0.15, 0.2) is 24.3 Å². The number of benzene rings is 1. The topological polar surface area (TPSA) is 81.4 Å². The number of nitrogens with two attached hydrogens (primary N) is 1. The Balaban J connectivity index is 2.38. The highest BCUT2D eigenvalue weighted by molar-refractivity contribution is 7.89. The highest BCUT2D eigenvalue weighted by atomic mass is 32.2. The van der Waals surface area contributed by atoms with Gasteiger partial charge in [-0.05, 0) is 18.1 Å². The van der Waals surface area contributed by atoms with Gasteiger partial charge in [-0.25, -0.2) is 13.1 Å². The summed E-state index contributed by atoms with van der Waals surface area (Å²) in [6, 6.07) is 7.02. The molecular weight excluding hydrogens is 264 g/mol. The third-order valence-corrected chi connectivity index (χ3v) is 4.19. The third kappa shape index (κ3) is 5.94. The quantitative estimate of drug-likeness (QED) is 0.711. The maximum Gasteiger partial charge on any atom is 0.214 e. The van der Waals surface area contributed by atoms with Crippen molar-refractivity contribution in [3.8, 4) is 5.75 Å². The van der Waals surface area contributed by atoms with Crippen molar-refractivity contribution in [3.63, 3.8) is 0 Å². The standard InChI is InChI=1S/C13H22N2O3S/c1-3-11(2)10-15-19(16,17)9-8-18-13-7-5-4-6-12(13)14/h4-7,11,15H,3,8-10,14H2,1-2H3. The molecule has 0 saturated heterocycles. The first-order valence-corrected chi connectivity index (χ1v) is 8.04. The summed E-state index contributed by atoms with van der Waals surface area (Å²) >= 11 is 0. The molecule has 0 saturated carbocycles. The molecule has 19 heavy (non-hydrogen) atoms. The molecule has 1 atom stereocenters. The van der Waals surface area contributed by atoms with Gasteiger partial charge in [0.05, 0.1) is 11.4 Å². The molecule has 1 aromatic rings. The van der Waals surface area contributed by atoms with Gasteiger partial charge in [0.15, 0.2) is 0 Å². The second-order valence-electron chi connectivity index (χ2n) is 4.57. The minimum absolute atomic E-state index is 0.0717. The molecule has 3 N–H and O–H groups in total. The Kier molecular flexibility index (Phi) is 6.11. The van der Waals surface area contributed by atoms with Gasteiger partial charge in [-0.15, -0.1) is 0 Å². The summed E-state index contributed by atoms with van der Waals surface area (Å²) < 4.78 is 31.3. The van der Waals surface area contributed by atoms with E-state index >= 15 is 0 Å². The van der Waals surface area contributed by atoms with E-state index in [4.69, 9.17) is 10.5 Å². The van der Waals surface area contributed by atoms with Crippen LogP contribution in [0.2, 0.25) is 0 Å². The van der Waals surface area contributed by atoms with Gasteiger partial charge in [-0.3, -0.25) is 0 Å². The smallest absolute Gasteiger partial charge is 0.214 e. The van der Waals surface area contributed by atoms with Crippen molar-refractivity contribution in [1.82, 2.24) is 4.72 Å². The molecule has 1 unspecified atom stereocenters.